The second-order valence-corrected chi connectivity index (χ2v) is 8.03. The summed E-state index contributed by atoms with van der Waals surface area (Å²) in [5.74, 6) is -4.23. The summed E-state index contributed by atoms with van der Waals surface area (Å²) in [4.78, 5) is 59.9. The average molecular weight is 479 g/mol. The number of carboxylic acids is 1. The first kappa shape index (κ1) is 29.6. The molecule has 14 heteroatoms. The number of carboxylic acid groups (broad SMARTS) is 1. The number of amides is 4. The second-order valence-electron chi connectivity index (χ2n) is 7.05. The van der Waals surface area contributed by atoms with Crippen molar-refractivity contribution in [3.05, 3.63) is 0 Å². The Morgan fingerprint density at radius 1 is 0.906 bits per heavy atom. The zero-order valence-corrected chi connectivity index (χ0v) is 18.9. The predicted octanol–water partition coefficient (Wildman–Crippen LogP) is -3.40. The molecule has 0 aromatic carbocycles. The first-order valence-corrected chi connectivity index (χ1v) is 11.4. The third kappa shape index (κ3) is 11.8. The lowest BCUT2D eigenvalue weighted by Crippen LogP contribution is -2.58. The van der Waals surface area contributed by atoms with Crippen molar-refractivity contribution in [2.24, 2.45) is 17.2 Å². The second kappa shape index (κ2) is 16.2. The molecule has 0 aliphatic rings. The van der Waals surface area contributed by atoms with Gasteiger partial charge in [-0.2, -0.15) is 11.8 Å². The van der Waals surface area contributed by atoms with E-state index in [-0.39, 0.29) is 6.42 Å². The number of unbranched alkanes of at least 4 members (excludes halogenated alkanes) is 1. The first-order valence-electron chi connectivity index (χ1n) is 10.0. The van der Waals surface area contributed by atoms with Crippen LogP contribution >= 0.6 is 11.8 Å². The summed E-state index contributed by atoms with van der Waals surface area (Å²) >= 11 is 1.38. The van der Waals surface area contributed by atoms with E-state index in [0.29, 0.717) is 31.6 Å². The molecule has 0 saturated carbocycles. The fraction of sp³-hybridized carbons (Fsp3) is 0.722. The number of nitrogens with two attached hydrogens (primary N) is 3. The summed E-state index contributed by atoms with van der Waals surface area (Å²) in [6.45, 7) is -0.397. The van der Waals surface area contributed by atoms with Gasteiger partial charge in [0.25, 0.3) is 0 Å². The molecule has 0 rings (SSSR count). The summed E-state index contributed by atoms with van der Waals surface area (Å²) in [6, 6.07) is -5.03. The zero-order valence-electron chi connectivity index (χ0n) is 18.0. The van der Waals surface area contributed by atoms with Crippen LogP contribution in [0.15, 0.2) is 0 Å². The molecule has 13 nitrogen and oxygen atoms in total. The maximum absolute atomic E-state index is 12.7. The summed E-state index contributed by atoms with van der Waals surface area (Å²) in [5.41, 5.74) is 16.4. The van der Waals surface area contributed by atoms with Gasteiger partial charge in [0.2, 0.25) is 23.6 Å². The molecule has 0 heterocycles. The van der Waals surface area contributed by atoms with Crippen LogP contribution in [0.1, 0.15) is 32.1 Å². The van der Waals surface area contributed by atoms with Crippen LogP contribution in [0.4, 0.5) is 0 Å². The number of rotatable bonds is 17. The number of aliphatic carboxylic acids is 1. The highest BCUT2D eigenvalue weighted by Crippen LogP contribution is 2.05. The highest BCUT2D eigenvalue weighted by Gasteiger charge is 2.30. The smallest absolute Gasteiger partial charge is 0.328 e. The molecule has 0 bridgehead atoms. The number of aliphatic hydroxyl groups is 1. The molecule has 184 valence electrons. The van der Waals surface area contributed by atoms with E-state index in [1.54, 1.807) is 6.26 Å². The van der Waals surface area contributed by atoms with Gasteiger partial charge in [-0.05, 0) is 37.8 Å². The Morgan fingerprint density at radius 2 is 1.47 bits per heavy atom. The van der Waals surface area contributed by atoms with Crippen molar-refractivity contribution in [2.45, 2.75) is 56.3 Å². The molecular formula is C18H34N6O7S. The van der Waals surface area contributed by atoms with Crippen molar-refractivity contribution in [3.8, 4) is 0 Å². The van der Waals surface area contributed by atoms with Gasteiger partial charge in [0.1, 0.15) is 18.1 Å². The molecule has 4 amide bonds. The molecule has 0 aliphatic heterocycles. The summed E-state index contributed by atoms with van der Waals surface area (Å²) in [6.07, 6.45) is 2.97. The van der Waals surface area contributed by atoms with E-state index in [0.717, 1.165) is 0 Å². The van der Waals surface area contributed by atoms with Crippen LogP contribution in [-0.2, 0) is 24.0 Å². The van der Waals surface area contributed by atoms with E-state index >= 15 is 0 Å². The highest BCUT2D eigenvalue weighted by molar-refractivity contribution is 7.98. The fourth-order valence-corrected chi connectivity index (χ4v) is 3.03. The van der Waals surface area contributed by atoms with Crippen LogP contribution in [0.3, 0.4) is 0 Å². The largest absolute Gasteiger partial charge is 0.480 e. The number of hydrogen-bond donors (Lipinski definition) is 8. The van der Waals surface area contributed by atoms with Crippen molar-refractivity contribution >= 4 is 41.4 Å². The van der Waals surface area contributed by atoms with Crippen LogP contribution < -0.4 is 33.2 Å². The lowest BCUT2D eigenvalue weighted by atomic mass is 10.1. The molecule has 0 aromatic heterocycles. The van der Waals surface area contributed by atoms with Crippen LogP contribution in [0, 0.1) is 0 Å². The Balaban J connectivity index is 5.30. The zero-order chi connectivity index (χ0) is 24.7. The number of aliphatic hydroxyl groups excluding tert-OH is 1. The van der Waals surface area contributed by atoms with Gasteiger partial charge in [-0.25, -0.2) is 4.79 Å². The number of nitrogens with one attached hydrogen (secondary N) is 3. The van der Waals surface area contributed by atoms with E-state index in [4.69, 9.17) is 27.4 Å². The predicted molar refractivity (Wildman–Crippen MR) is 118 cm³/mol. The molecule has 11 N–H and O–H groups in total. The SMILES string of the molecule is CSCCC(NC(=O)C(CC(N)=O)NC(=O)C(N)CCCCN)C(=O)NC(CO)C(=O)O. The Morgan fingerprint density at radius 3 is 1.97 bits per heavy atom. The molecule has 0 saturated heterocycles. The summed E-state index contributed by atoms with van der Waals surface area (Å²) < 4.78 is 0. The Kier molecular flexibility index (Phi) is 15.0. The minimum Gasteiger partial charge on any atom is -0.480 e. The fourth-order valence-electron chi connectivity index (χ4n) is 2.56. The Bertz CT molecular complexity index is 651. The first-order chi connectivity index (χ1) is 15.1. The molecule has 0 fully saturated rings. The Hall–Kier alpha value is -2.42. The van der Waals surface area contributed by atoms with Crippen LogP contribution in [0.5, 0.6) is 0 Å². The molecule has 4 atom stereocenters. The van der Waals surface area contributed by atoms with E-state index in [1.807, 2.05) is 0 Å². The average Bonchev–Trinajstić information content (AvgIpc) is 2.73. The van der Waals surface area contributed by atoms with E-state index < -0.39 is 66.8 Å². The quantitative estimate of drug-likeness (QED) is 0.0963. The standard InChI is InChI=1S/C18H34N6O7S/c1-32-7-5-11(16(28)24-13(9-25)18(30)31)22-17(29)12(8-14(21)26)23-15(27)10(20)4-2-3-6-19/h10-13,25H,2-9,19-20H2,1H3,(H2,21,26)(H,22,29)(H,23,27)(H,24,28)(H,30,31). The van der Waals surface area contributed by atoms with Crippen LogP contribution in [0.2, 0.25) is 0 Å². The van der Waals surface area contributed by atoms with Gasteiger partial charge in [0, 0.05) is 0 Å². The highest BCUT2D eigenvalue weighted by atomic mass is 32.2. The normalized spacial score (nSPS) is 14.5. The van der Waals surface area contributed by atoms with Crippen LogP contribution in [0.25, 0.3) is 0 Å². The van der Waals surface area contributed by atoms with Crippen molar-refractivity contribution in [1.82, 2.24) is 16.0 Å². The lowest BCUT2D eigenvalue weighted by molar-refractivity contribution is -0.143. The van der Waals surface area contributed by atoms with Gasteiger partial charge < -0.3 is 43.4 Å². The number of primary amides is 1. The van der Waals surface area contributed by atoms with E-state index in [9.17, 15) is 24.0 Å². The third-order valence-corrected chi connectivity index (χ3v) is 5.03. The third-order valence-electron chi connectivity index (χ3n) is 4.39. The molecule has 0 spiro atoms. The van der Waals surface area contributed by atoms with Crippen molar-refractivity contribution in [2.75, 3.05) is 25.2 Å². The van der Waals surface area contributed by atoms with E-state index in [2.05, 4.69) is 16.0 Å². The van der Waals surface area contributed by atoms with Gasteiger partial charge in [0.15, 0.2) is 0 Å². The maximum atomic E-state index is 12.7. The molecule has 0 aliphatic carbocycles. The van der Waals surface area contributed by atoms with Gasteiger partial charge in [-0.1, -0.05) is 6.42 Å². The van der Waals surface area contributed by atoms with Gasteiger partial charge in [-0.3, -0.25) is 19.2 Å². The minimum atomic E-state index is -1.55. The van der Waals surface area contributed by atoms with Crippen molar-refractivity contribution in [3.63, 3.8) is 0 Å². The number of hydrogen-bond acceptors (Lipinski definition) is 9. The molecular weight excluding hydrogens is 444 g/mol. The van der Waals surface area contributed by atoms with Gasteiger partial charge in [0.05, 0.1) is 19.1 Å². The van der Waals surface area contributed by atoms with E-state index in [1.165, 1.54) is 11.8 Å². The number of thioether (sulfide) groups is 1. The summed E-state index contributed by atoms with van der Waals surface area (Å²) in [5, 5.41) is 25.0. The van der Waals surface area contributed by atoms with Gasteiger partial charge >= 0.3 is 5.97 Å². The van der Waals surface area contributed by atoms with Crippen LogP contribution in [-0.4, -0.2) is 89.1 Å². The minimum absolute atomic E-state index is 0.131. The maximum Gasteiger partial charge on any atom is 0.328 e. The number of carbonyl (C=O) groups excluding carboxylic acids is 4. The molecule has 32 heavy (non-hydrogen) atoms. The number of carbonyl (C=O) groups is 5. The van der Waals surface area contributed by atoms with Gasteiger partial charge in [-0.15, -0.1) is 0 Å². The lowest BCUT2D eigenvalue weighted by Gasteiger charge is -2.24. The topological polar surface area (TPSA) is 240 Å². The van der Waals surface area contributed by atoms with Crippen molar-refractivity contribution in [1.29, 1.82) is 0 Å². The monoisotopic (exact) mass is 478 g/mol. The molecule has 4 unspecified atom stereocenters. The summed E-state index contributed by atoms with van der Waals surface area (Å²) in [7, 11) is 0. The molecule has 0 aromatic rings. The van der Waals surface area contributed by atoms with Crippen molar-refractivity contribution < 1.29 is 34.2 Å². The molecule has 0 radical (unpaired) electrons. The Labute approximate surface area is 190 Å².